The number of benzene rings is 1. The summed E-state index contributed by atoms with van der Waals surface area (Å²) < 4.78 is 5.37. The Hall–Kier alpha value is -1.02. The summed E-state index contributed by atoms with van der Waals surface area (Å²) in [6, 6.07) is 9.38. The fraction of sp³-hybridized carbons (Fsp3) is 0.647. The van der Waals surface area contributed by atoms with Crippen molar-refractivity contribution < 1.29 is 4.74 Å². The largest absolute Gasteiger partial charge is 0.497 e. The Morgan fingerprint density at radius 1 is 1.26 bits per heavy atom. The first kappa shape index (κ1) is 14.4. The predicted molar refractivity (Wildman–Crippen MR) is 80.8 cm³/mol. The molecule has 1 N–H and O–H groups in total. The predicted octanol–water partition coefficient (Wildman–Crippen LogP) is 3.97. The first-order valence-electron chi connectivity index (χ1n) is 7.65. The molecule has 0 saturated heterocycles. The molecule has 1 saturated carbocycles. The minimum atomic E-state index is 0.602. The van der Waals surface area contributed by atoms with Crippen molar-refractivity contribution in [2.75, 3.05) is 13.7 Å². The van der Waals surface area contributed by atoms with Gasteiger partial charge in [-0.1, -0.05) is 38.8 Å². The summed E-state index contributed by atoms with van der Waals surface area (Å²) in [4.78, 5) is 0. The van der Waals surface area contributed by atoms with Gasteiger partial charge in [-0.25, -0.2) is 0 Å². The molecule has 0 aliphatic heterocycles. The second-order valence-electron chi connectivity index (χ2n) is 5.64. The first-order chi connectivity index (χ1) is 9.28. The van der Waals surface area contributed by atoms with Crippen molar-refractivity contribution in [2.24, 2.45) is 5.92 Å². The summed E-state index contributed by atoms with van der Waals surface area (Å²) in [5, 5.41) is 3.70. The number of methoxy groups -OCH3 is 1. The van der Waals surface area contributed by atoms with E-state index in [9.17, 15) is 0 Å². The molecule has 2 rings (SSSR count). The van der Waals surface area contributed by atoms with Crippen molar-refractivity contribution >= 4 is 0 Å². The maximum atomic E-state index is 5.37. The first-order valence-corrected chi connectivity index (χ1v) is 7.65. The van der Waals surface area contributed by atoms with Crippen molar-refractivity contribution in [1.82, 2.24) is 5.32 Å². The maximum Gasteiger partial charge on any atom is 0.119 e. The van der Waals surface area contributed by atoms with E-state index in [1.54, 1.807) is 7.11 Å². The summed E-state index contributed by atoms with van der Waals surface area (Å²) >= 11 is 0. The SMILES string of the molecule is CCC(CC)C(CNC1CC1)c1cccc(OC)c1. The Kier molecular flexibility index (Phi) is 5.26. The zero-order valence-electron chi connectivity index (χ0n) is 12.5. The molecule has 1 atom stereocenters. The minimum Gasteiger partial charge on any atom is -0.497 e. The highest BCUT2D eigenvalue weighted by molar-refractivity contribution is 5.31. The third-order valence-electron chi connectivity index (χ3n) is 4.34. The highest BCUT2D eigenvalue weighted by Crippen LogP contribution is 2.32. The van der Waals surface area contributed by atoms with E-state index in [1.807, 2.05) is 6.07 Å². The lowest BCUT2D eigenvalue weighted by molar-refractivity contribution is 0.375. The van der Waals surface area contributed by atoms with Crippen LogP contribution in [-0.2, 0) is 0 Å². The summed E-state index contributed by atoms with van der Waals surface area (Å²) in [7, 11) is 1.74. The van der Waals surface area contributed by atoms with Crippen LogP contribution in [0.5, 0.6) is 5.75 Å². The molecular weight excluding hydrogens is 234 g/mol. The van der Waals surface area contributed by atoms with Gasteiger partial charge in [-0.15, -0.1) is 0 Å². The minimum absolute atomic E-state index is 0.602. The van der Waals surface area contributed by atoms with Crippen LogP contribution in [0.15, 0.2) is 24.3 Å². The second kappa shape index (κ2) is 6.95. The molecule has 1 aromatic carbocycles. The van der Waals surface area contributed by atoms with Crippen molar-refractivity contribution in [3.63, 3.8) is 0 Å². The molecule has 0 radical (unpaired) electrons. The molecule has 0 bridgehead atoms. The molecule has 2 heteroatoms. The Labute approximate surface area is 117 Å². The molecular formula is C17H27NO. The zero-order chi connectivity index (χ0) is 13.7. The van der Waals surface area contributed by atoms with Gasteiger partial charge in [0.1, 0.15) is 5.75 Å². The van der Waals surface area contributed by atoms with Crippen molar-refractivity contribution in [3.05, 3.63) is 29.8 Å². The lowest BCUT2D eigenvalue weighted by atomic mass is 9.82. The lowest BCUT2D eigenvalue weighted by Crippen LogP contribution is -2.28. The van der Waals surface area contributed by atoms with E-state index in [2.05, 4.69) is 37.4 Å². The number of rotatable bonds is 8. The van der Waals surface area contributed by atoms with Crippen LogP contribution < -0.4 is 10.1 Å². The Bertz CT molecular complexity index is 383. The molecule has 1 aliphatic rings. The van der Waals surface area contributed by atoms with Crippen LogP contribution in [0.1, 0.15) is 51.0 Å². The van der Waals surface area contributed by atoms with Crippen molar-refractivity contribution in [1.29, 1.82) is 0 Å². The Morgan fingerprint density at radius 2 is 2.00 bits per heavy atom. The molecule has 1 unspecified atom stereocenters. The van der Waals surface area contributed by atoms with E-state index in [-0.39, 0.29) is 0 Å². The maximum absolute atomic E-state index is 5.37. The van der Waals surface area contributed by atoms with E-state index < -0.39 is 0 Å². The van der Waals surface area contributed by atoms with E-state index in [0.29, 0.717) is 5.92 Å². The summed E-state index contributed by atoms with van der Waals surface area (Å²) in [5.41, 5.74) is 1.42. The van der Waals surface area contributed by atoms with Gasteiger partial charge in [0.2, 0.25) is 0 Å². The van der Waals surface area contributed by atoms with Crippen LogP contribution in [-0.4, -0.2) is 19.7 Å². The van der Waals surface area contributed by atoms with E-state index in [0.717, 1.165) is 24.3 Å². The van der Waals surface area contributed by atoms with Gasteiger partial charge in [-0.05, 0) is 42.4 Å². The Balaban J connectivity index is 2.12. The second-order valence-corrected chi connectivity index (χ2v) is 5.64. The summed E-state index contributed by atoms with van der Waals surface area (Å²) in [6.45, 7) is 5.71. The highest BCUT2D eigenvalue weighted by atomic mass is 16.5. The third kappa shape index (κ3) is 3.97. The fourth-order valence-corrected chi connectivity index (χ4v) is 2.87. The lowest BCUT2D eigenvalue weighted by Gasteiger charge is -2.26. The van der Waals surface area contributed by atoms with E-state index >= 15 is 0 Å². The fourth-order valence-electron chi connectivity index (χ4n) is 2.87. The quantitative estimate of drug-likeness (QED) is 0.764. The summed E-state index contributed by atoms with van der Waals surface area (Å²) in [5.74, 6) is 2.32. The van der Waals surface area contributed by atoms with Gasteiger partial charge in [-0.3, -0.25) is 0 Å². The Morgan fingerprint density at radius 3 is 2.58 bits per heavy atom. The molecule has 106 valence electrons. The smallest absolute Gasteiger partial charge is 0.119 e. The molecule has 0 aromatic heterocycles. The molecule has 0 heterocycles. The number of ether oxygens (including phenoxy) is 1. The third-order valence-corrected chi connectivity index (χ3v) is 4.34. The number of hydrogen-bond acceptors (Lipinski definition) is 2. The monoisotopic (exact) mass is 261 g/mol. The average molecular weight is 261 g/mol. The zero-order valence-corrected chi connectivity index (χ0v) is 12.5. The van der Waals surface area contributed by atoms with Crippen LogP contribution in [0, 0.1) is 5.92 Å². The van der Waals surface area contributed by atoms with Gasteiger partial charge in [0.15, 0.2) is 0 Å². The molecule has 0 spiro atoms. The van der Waals surface area contributed by atoms with Crippen LogP contribution in [0.25, 0.3) is 0 Å². The van der Waals surface area contributed by atoms with Gasteiger partial charge in [0.25, 0.3) is 0 Å². The molecule has 1 fully saturated rings. The molecule has 1 aliphatic carbocycles. The normalized spacial score (nSPS) is 16.6. The number of hydrogen-bond donors (Lipinski definition) is 1. The standard InChI is InChI=1S/C17H27NO/c1-4-13(5-2)17(12-18-15-9-10-15)14-7-6-8-16(11-14)19-3/h6-8,11,13,15,17-18H,4-5,9-10,12H2,1-3H3. The van der Waals surface area contributed by atoms with Gasteiger partial charge in [-0.2, -0.15) is 0 Å². The van der Waals surface area contributed by atoms with Crippen molar-refractivity contribution in [3.8, 4) is 5.75 Å². The topological polar surface area (TPSA) is 21.3 Å². The van der Waals surface area contributed by atoms with Crippen LogP contribution in [0.3, 0.4) is 0 Å². The highest BCUT2D eigenvalue weighted by Gasteiger charge is 2.25. The molecule has 2 nitrogen and oxygen atoms in total. The summed E-state index contributed by atoms with van der Waals surface area (Å²) in [6.07, 6.45) is 5.19. The van der Waals surface area contributed by atoms with E-state index in [1.165, 1.54) is 31.2 Å². The number of nitrogens with one attached hydrogen (secondary N) is 1. The van der Waals surface area contributed by atoms with Gasteiger partial charge < -0.3 is 10.1 Å². The van der Waals surface area contributed by atoms with Gasteiger partial charge in [0.05, 0.1) is 7.11 Å². The van der Waals surface area contributed by atoms with Gasteiger partial charge >= 0.3 is 0 Å². The van der Waals surface area contributed by atoms with E-state index in [4.69, 9.17) is 4.74 Å². The molecule has 19 heavy (non-hydrogen) atoms. The van der Waals surface area contributed by atoms with Crippen molar-refractivity contribution in [2.45, 2.75) is 51.5 Å². The molecule has 0 amide bonds. The molecule has 1 aromatic rings. The van der Waals surface area contributed by atoms with Crippen LogP contribution in [0.4, 0.5) is 0 Å². The van der Waals surface area contributed by atoms with Gasteiger partial charge in [0, 0.05) is 12.6 Å². The van der Waals surface area contributed by atoms with Crippen LogP contribution in [0.2, 0.25) is 0 Å². The van der Waals surface area contributed by atoms with Crippen LogP contribution >= 0.6 is 0 Å². The average Bonchev–Trinajstić information content (AvgIpc) is 3.27.